The number of aromatic nitrogens is 4. The Balaban J connectivity index is 1.43. The number of nitrogens with one attached hydrogen (secondary N) is 1. The molecular formula is C24H22FN5O3. The Hall–Kier alpha value is -4.27. The molecule has 4 rings (SSSR count). The highest BCUT2D eigenvalue weighted by Gasteiger charge is 2.16. The Labute approximate surface area is 190 Å². The first-order valence-electron chi connectivity index (χ1n) is 10.3. The second-order valence-corrected chi connectivity index (χ2v) is 7.12. The second-order valence-electron chi connectivity index (χ2n) is 7.12. The summed E-state index contributed by atoms with van der Waals surface area (Å²) in [5.74, 6) is 0.871. The molecule has 4 aromatic rings. The van der Waals surface area contributed by atoms with E-state index in [1.54, 1.807) is 60.1 Å². The molecule has 8 nitrogen and oxygen atoms in total. The lowest BCUT2D eigenvalue weighted by Gasteiger charge is -2.10. The summed E-state index contributed by atoms with van der Waals surface area (Å²) in [6, 6.07) is 16.6. The molecule has 2 aromatic carbocycles. The van der Waals surface area contributed by atoms with Crippen molar-refractivity contribution in [3.05, 3.63) is 89.5 Å². The maximum Gasteiger partial charge on any atom is 0.259 e. The number of nitrogens with zero attached hydrogens (tertiary/aromatic N) is 4. The molecule has 33 heavy (non-hydrogen) atoms. The van der Waals surface area contributed by atoms with Crippen LogP contribution < -0.4 is 14.8 Å². The van der Waals surface area contributed by atoms with Gasteiger partial charge in [0.05, 0.1) is 24.1 Å². The van der Waals surface area contributed by atoms with Gasteiger partial charge in [-0.15, -0.1) is 10.2 Å². The summed E-state index contributed by atoms with van der Waals surface area (Å²) in [6.45, 7) is 4.43. The molecule has 0 aliphatic rings. The number of hydrogen-bond acceptors (Lipinski definition) is 6. The molecule has 168 valence electrons. The smallest absolute Gasteiger partial charge is 0.259 e. The monoisotopic (exact) mass is 447 g/mol. The minimum Gasteiger partial charge on any atom is -0.489 e. The van der Waals surface area contributed by atoms with Crippen molar-refractivity contribution in [2.45, 2.75) is 20.5 Å². The average Bonchev–Trinajstić information content (AvgIpc) is 3.21. The summed E-state index contributed by atoms with van der Waals surface area (Å²) < 4.78 is 25.6. The van der Waals surface area contributed by atoms with Gasteiger partial charge in [0.25, 0.3) is 5.91 Å². The Kier molecular flexibility index (Phi) is 6.58. The molecule has 0 unspecified atom stereocenters. The third kappa shape index (κ3) is 5.32. The Bertz CT molecular complexity index is 1240. The van der Waals surface area contributed by atoms with E-state index in [2.05, 4.69) is 20.6 Å². The number of ether oxygens (including phenoxy) is 2. The molecule has 0 saturated heterocycles. The molecule has 2 heterocycles. The topological polar surface area (TPSA) is 91.2 Å². The van der Waals surface area contributed by atoms with Crippen LogP contribution in [0.15, 0.2) is 66.9 Å². The lowest BCUT2D eigenvalue weighted by atomic mass is 10.2. The maximum absolute atomic E-state index is 13.0. The van der Waals surface area contributed by atoms with E-state index in [4.69, 9.17) is 9.47 Å². The van der Waals surface area contributed by atoms with Gasteiger partial charge in [0.15, 0.2) is 5.82 Å². The predicted molar refractivity (Wildman–Crippen MR) is 120 cm³/mol. The van der Waals surface area contributed by atoms with E-state index in [1.807, 2.05) is 6.92 Å². The molecule has 1 amide bonds. The van der Waals surface area contributed by atoms with Crippen LogP contribution in [0.4, 0.5) is 10.1 Å². The highest BCUT2D eigenvalue weighted by atomic mass is 19.1. The number of hydrogen-bond donors (Lipinski definition) is 1. The molecule has 0 spiro atoms. The van der Waals surface area contributed by atoms with Crippen LogP contribution in [-0.4, -0.2) is 32.5 Å². The van der Waals surface area contributed by atoms with Crippen LogP contribution in [0.1, 0.15) is 28.5 Å². The summed E-state index contributed by atoms with van der Waals surface area (Å²) in [5.41, 5.74) is 2.44. The van der Waals surface area contributed by atoms with E-state index >= 15 is 0 Å². The highest BCUT2D eigenvalue weighted by molar-refractivity contribution is 6.05. The molecule has 0 aliphatic carbocycles. The van der Waals surface area contributed by atoms with Crippen molar-refractivity contribution in [1.82, 2.24) is 20.0 Å². The zero-order valence-corrected chi connectivity index (χ0v) is 18.2. The number of amides is 1. The van der Waals surface area contributed by atoms with Gasteiger partial charge in [-0.05, 0) is 49.7 Å². The number of benzene rings is 2. The number of halogens is 1. The van der Waals surface area contributed by atoms with Gasteiger partial charge in [-0.3, -0.25) is 4.79 Å². The minimum absolute atomic E-state index is 0.284. The molecule has 0 atom stereocenters. The average molecular weight is 447 g/mol. The van der Waals surface area contributed by atoms with Gasteiger partial charge in [-0.2, -0.15) is 5.10 Å². The van der Waals surface area contributed by atoms with Crippen molar-refractivity contribution in [3.8, 4) is 17.4 Å². The normalized spacial score (nSPS) is 10.6. The van der Waals surface area contributed by atoms with Gasteiger partial charge in [0, 0.05) is 17.8 Å². The molecule has 0 aliphatic heterocycles. The van der Waals surface area contributed by atoms with Gasteiger partial charge in [-0.25, -0.2) is 9.07 Å². The first-order chi connectivity index (χ1) is 16.0. The Morgan fingerprint density at radius 3 is 2.61 bits per heavy atom. The van der Waals surface area contributed by atoms with Gasteiger partial charge in [0.1, 0.15) is 18.2 Å². The fourth-order valence-electron chi connectivity index (χ4n) is 3.12. The third-order valence-electron chi connectivity index (χ3n) is 4.80. The second kappa shape index (κ2) is 9.90. The van der Waals surface area contributed by atoms with Crippen molar-refractivity contribution in [2.75, 3.05) is 11.9 Å². The molecule has 2 aromatic heterocycles. The zero-order valence-electron chi connectivity index (χ0n) is 18.2. The van der Waals surface area contributed by atoms with Crippen LogP contribution >= 0.6 is 0 Å². The van der Waals surface area contributed by atoms with Crippen LogP contribution in [0.25, 0.3) is 5.82 Å². The molecule has 9 heteroatoms. The molecular weight excluding hydrogens is 425 g/mol. The van der Waals surface area contributed by atoms with Gasteiger partial charge in [0.2, 0.25) is 5.88 Å². The molecule has 1 N–H and O–H groups in total. The quantitative estimate of drug-likeness (QED) is 0.432. The fraction of sp³-hybridized carbons (Fsp3) is 0.167. The molecule has 0 saturated carbocycles. The van der Waals surface area contributed by atoms with Gasteiger partial charge < -0.3 is 14.8 Å². The first-order valence-corrected chi connectivity index (χ1v) is 10.3. The first kappa shape index (κ1) is 21.9. The largest absolute Gasteiger partial charge is 0.489 e. The van der Waals surface area contributed by atoms with Crippen LogP contribution in [-0.2, 0) is 6.61 Å². The van der Waals surface area contributed by atoms with E-state index in [-0.39, 0.29) is 18.3 Å². The third-order valence-corrected chi connectivity index (χ3v) is 4.80. The molecule has 0 radical (unpaired) electrons. The highest BCUT2D eigenvalue weighted by Crippen LogP contribution is 2.21. The summed E-state index contributed by atoms with van der Waals surface area (Å²) in [4.78, 5) is 12.8. The number of carbonyl (C=O) groups excluding carboxylic acids is 1. The number of carbonyl (C=O) groups is 1. The lowest BCUT2D eigenvalue weighted by Crippen LogP contribution is -2.13. The van der Waals surface area contributed by atoms with Crippen LogP contribution in [0, 0.1) is 12.7 Å². The lowest BCUT2D eigenvalue weighted by molar-refractivity contribution is 0.102. The molecule has 0 bridgehead atoms. The minimum atomic E-state index is -0.312. The predicted octanol–water partition coefficient (Wildman–Crippen LogP) is 4.34. The zero-order chi connectivity index (χ0) is 23.2. The van der Waals surface area contributed by atoms with Crippen LogP contribution in [0.2, 0.25) is 0 Å². The Morgan fingerprint density at radius 1 is 1.06 bits per heavy atom. The van der Waals surface area contributed by atoms with E-state index < -0.39 is 0 Å². The van der Waals surface area contributed by atoms with Crippen LogP contribution in [0.3, 0.4) is 0 Å². The Morgan fingerprint density at radius 2 is 1.88 bits per heavy atom. The van der Waals surface area contributed by atoms with Crippen molar-refractivity contribution in [2.24, 2.45) is 0 Å². The van der Waals surface area contributed by atoms with Gasteiger partial charge >= 0.3 is 0 Å². The summed E-state index contributed by atoms with van der Waals surface area (Å²) in [5, 5.41) is 15.2. The van der Waals surface area contributed by atoms with Crippen molar-refractivity contribution >= 4 is 11.6 Å². The van der Waals surface area contributed by atoms with E-state index in [0.717, 1.165) is 5.56 Å². The van der Waals surface area contributed by atoms with Crippen LogP contribution in [0.5, 0.6) is 11.6 Å². The maximum atomic E-state index is 13.0. The van der Waals surface area contributed by atoms with E-state index in [1.165, 1.54) is 18.3 Å². The van der Waals surface area contributed by atoms with Crippen molar-refractivity contribution in [3.63, 3.8) is 0 Å². The van der Waals surface area contributed by atoms with E-state index in [9.17, 15) is 9.18 Å². The summed E-state index contributed by atoms with van der Waals surface area (Å²) in [7, 11) is 0. The summed E-state index contributed by atoms with van der Waals surface area (Å²) in [6.07, 6.45) is 1.48. The van der Waals surface area contributed by atoms with Crippen molar-refractivity contribution < 1.29 is 18.7 Å². The standard InChI is InChI=1S/C24H22FN5O3/c1-3-32-23-12-11-22(28-29-23)30-16(2)21(14-26-30)24(31)27-19-5-4-6-20(13-19)33-15-17-7-9-18(25)10-8-17/h4-14H,3,15H2,1-2H3,(H,27,31). The SMILES string of the molecule is CCOc1ccc(-n2ncc(C(=O)Nc3cccc(OCc4ccc(F)cc4)c3)c2C)nn1. The fourth-order valence-corrected chi connectivity index (χ4v) is 3.12. The van der Waals surface area contributed by atoms with E-state index in [0.29, 0.717) is 41.0 Å². The number of rotatable bonds is 8. The van der Waals surface area contributed by atoms with Crippen molar-refractivity contribution in [1.29, 1.82) is 0 Å². The summed E-state index contributed by atoms with van der Waals surface area (Å²) >= 11 is 0. The molecule has 0 fully saturated rings. The van der Waals surface area contributed by atoms with Gasteiger partial charge in [-0.1, -0.05) is 18.2 Å². The number of anilines is 1.